The highest BCUT2D eigenvalue weighted by molar-refractivity contribution is 5.71. The summed E-state index contributed by atoms with van der Waals surface area (Å²) in [7, 11) is 0. The van der Waals surface area contributed by atoms with E-state index < -0.39 is 6.10 Å². The summed E-state index contributed by atoms with van der Waals surface area (Å²) in [6, 6.07) is 0. The zero-order chi connectivity index (χ0) is 50.0. The van der Waals surface area contributed by atoms with Gasteiger partial charge in [-0.3, -0.25) is 14.4 Å². The molecule has 0 saturated carbocycles. The minimum Gasteiger partial charge on any atom is -0.462 e. The Labute approximate surface area is 429 Å². The summed E-state index contributed by atoms with van der Waals surface area (Å²) in [5, 5.41) is 0. The Morgan fingerprint density at radius 1 is 0.290 bits per heavy atom. The molecule has 0 N–H and O–H groups in total. The summed E-state index contributed by atoms with van der Waals surface area (Å²) in [4.78, 5) is 38.1. The summed E-state index contributed by atoms with van der Waals surface area (Å²) in [6.45, 7) is 6.63. The third-order valence-corrected chi connectivity index (χ3v) is 13.6. The van der Waals surface area contributed by atoms with Crippen molar-refractivity contribution in [3.63, 3.8) is 0 Å². The second kappa shape index (κ2) is 58.2. The number of unbranched alkanes of at least 4 members (excludes halogenated alkanes) is 39. The van der Waals surface area contributed by atoms with E-state index in [2.05, 4.69) is 57.2 Å². The lowest BCUT2D eigenvalue weighted by atomic mass is 10.0. The molecule has 0 amide bonds. The molecule has 1 atom stereocenters. The molecule has 404 valence electrons. The van der Waals surface area contributed by atoms with Gasteiger partial charge in [0.15, 0.2) is 6.10 Å². The molecule has 0 aliphatic rings. The highest BCUT2D eigenvalue weighted by Crippen LogP contribution is 2.17. The van der Waals surface area contributed by atoms with Crippen LogP contribution in [-0.4, -0.2) is 37.2 Å². The predicted molar refractivity (Wildman–Crippen MR) is 298 cm³/mol. The van der Waals surface area contributed by atoms with Crippen molar-refractivity contribution in [1.29, 1.82) is 0 Å². The number of hydrogen-bond donors (Lipinski definition) is 0. The molecular weight excluding hydrogens is 853 g/mol. The van der Waals surface area contributed by atoms with Crippen molar-refractivity contribution in [3.05, 3.63) is 36.5 Å². The molecule has 0 heterocycles. The Morgan fingerprint density at radius 3 is 0.841 bits per heavy atom. The van der Waals surface area contributed by atoms with Crippen LogP contribution in [0.25, 0.3) is 0 Å². The van der Waals surface area contributed by atoms with E-state index in [1.54, 1.807) is 0 Å². The highest BCUT2D eigenvalue weighted by atomic mass is 16.6. The van der Waals surface area contributed by atoms with E-state index in [0.29, 0.717) is 19.3 Å². The van der Waals surface area contributed by atoms with Gasteiger partial charge in [0.1, 0.15) is 13.2 Å². The predicted octanol–water partition coefficient (Wildman–Crippen LogP) is 20.4. The molecule has 6 heteroatoms. The fourth-order valence-corrected chi connectivity index (χ4v) is 9.00. The summed E-state index contributed by atoms with van der Waals surface area (Å²) >= 11 is 0. The van der Waals surface area contributed by atoms with Gasteiger partial charge in [-0.25, -0.2) is 0 Å². The van der Waals surface area contributed by atoms with Gasteiger partial charge >= 0.3 is 17.9 Å². The van der Waals surface area contributed by atoms with Crippen molar-refractivity contribution < 1.29 is 28.6 Å². The molecule has 0 aromatic heterocycles. The highest BCUT2D eigenvalue weighted by Gasteiger charge is 2.19. The smallest absolute Gasteiger partial charge is 0.306 e. The number of allylic oxidation sites excluding steroid dienone is 6. The van der Waals surface area contributed by atoms with Gasteiger partial charge in [0.2, 0.25) is 0 Å². The molecule has 0 aromatic rings. The van der Waals surface area contributed by atoms with Crippen LogP contribution < -0.4 is 0 Å². The first-order chi connectivity index (χ1) is 34.0. The first kappa shape index (κ1) is 66.6. The number of esters is 3. The fraction of sp³-hybridized carbons (Fsp3) is 0.857. The molecule has 0 rings (SSSR count). The van der Waals surface area contributed by atoms with Crippen LogP contribution in [0.15, 0.2) is 36.5 Å². The minimum atomic E-state index is -0.772. The van der Waals surface area contributed by atoms with E-state index in [0.717, 1.165) is 70.6 Å². The van der Waals surface area contributed by atoms with Crippen LogP contribution in [0.2, 0.25) is 0 Å². The number of carbonyl (C=O) groups excluding carboxylic acids is 3. The second-order valence-electron chi connectivity index (χ2n) is 20.6. The van der Waals surface area contributed by atoms with E-state index >= 15 is 0 Å². The zero-order valence-corrected chi connectivity index (χ0v) is 46.3. The topological polar surface area (TPSA) is 78.9 Å². The van der Waals surface area contributed by atoms with Gasteiger partial charge in [-0.1, -0.05) is 269 Å². The largest absolute Gasteiger partial charge is 0.462 e. The van der Waals surface area contributed by atoms with Crippen molar-refractivity contribution >= 4 is 17.9 Å². The van der Waals surface area contributed by atoms with Crippen LogP contribution in [0, 0.1) is 0 Å². The molecule has 0 aliphatic heterocycles. The van der Waals surface area contributed by atoms with Crippen LogP contribution in [0.3, 0.4) is 0 Å². The Morgan fingerprint density at radius 2 is 0.522 bits per heavy atom. The zero-order valence-electron chi connectivity index (χ0n) is 46.3. The van der Waals surface area contributed by atoms with Gasteiger partial charge in [-0.05, 0) is 77.0 Å². The Kier molecular flexibility index (Phi) is 56.2. The molecule has 0 spiro atoms. The van der Waals surface area contributed by atoms with E-state index in [1.807, 2.05) is 0 Å². The average molecular weight is 970 g/mol. The van der Waals surface area contributed by atoms with Gasteiger partial charge < -0.3 is 14.2 Å². The molecule has 0 fully saturated rings. The SMILES string of the molecule is CCCCC/C=C\C/C=C\CCCCCCCCCC(=O)OC(COC(=O)CCCCCCCCCCC)COC(=O)CCCCCCCCCCCCCCC/C=C\CCCCCCCCCC. The molecule has 69 heavy (non-hydrogen) atoms. The van der Waals surface area contributed by atoms with Crippen LogP contribution >= 0.6 is 0 Å². The lowest BCUT2D eigenvalue weighted by Gasteiger charge is -2.18. The summed E-state index contributed by atoms with van der Waals surface area (Å²) in [6.07, 6.45) is 70.1. The molecular formula is C63H116O6. The third kappa shape index (κ3) is 56.4. The lowest BCUT2D eigenvalue weighted by molar-refractivity contribution is -0.167. The maximum Gasteiger partial charge on any atom is 0.306 e. The molecule has 0 saturated heterocycles. The molecule has 1 unspecified atom stereocenters. The maximum atomic E-state index is 12.8. The number of rotatable bonds is 56. The molecule has 0 aliphatic carbocycles. The van der Waals surface area contributed by atoms with Gasteiger partial charge in [0.25, 0.3) is 0 Å². The number of ether oxygens (including phenoxy) is 3. The van der Waals surface area contributed by atoms with Gasteiger partial charge in [-0.15, -0.1) is 0 Å². The minimum absolute atomic E-state index is 0.0718. The molecule has 6 nitrogen and oxygen atoms in total. The van der Waals surface area contributed by atoms with Crippen LogP contribution in [0.4, 0.5) is 0 Å². The van der Waals surface area contributed by atoms with Crippen LogP contribution in [-0.2, 0) is 28.6 Å². The fourth-order valence-electron chi connectivity index (χ4n) is 9.00. The van der Waals surface area contributed by atoms with Crippen molar-refractivity contribution in [2.24, 2.45) is 0 Å². The van der Waals surface area contributed by atoms with Crippen molar-refractivity contribution in [1.82, 2.24) is 0 Å². The van der Waals surface area contributed by atoms with Gasteiger partial charge in [-0.2, -0.15) is 0 Å². The summed E-state index contributed by atoms with van der Waals surface area (Å²) in [5.74, 6) is -0.865. The maximum absolute atomic E-state index is 12.8. The van der Waals surface area contributed by atoms with E-state index in [1.165, 1.54) is 218 Å². The molecule has 0 aromatic carbocycles. The van der Waals surface area contributed by atoms with Crippen LogP contribution in [0.1, 0.15) is 329 Å². The van der Waals surface area contributed by atoms with Crippen molar-refractivity contribution in [2.45, 2.75) is 335 Å². The van der Waals surface area contributed by atoms with Crippen molar-refractivity contribution in [2.75, 3.05) is 13.2 Å². The monoisotopic (exact) mass is 969 g/mol. The Balaban J connectivity index is 4.17. The Bertz CT molecular complexity index is 1160. The van der Waals surface area contributed by atoms with Gasteiger partial charge in [0, 0.05) is 19.3 Å². The summed E-state index contributed by atoms with van der Waals surface area (Å²) < 4.78 is 16.9. The van der Waals surface area contributed by atoms with Crippen molar-refractivity contribution in [3.8, 4) is 0 Å². The number of carbonyl (C=O) groups is 3. The average Bonchev–Trinajstić information content (AvgIpc) is 3.35. The summed E-state index contributed by atoms with van der Waals surface area (Å²) in [5.41, 5.74) is 0. The standard InChI is InChI=1S/C63H116O6/c1-4-7-10-13-16-19-21-23-25-27-28-29-30-31-32-33-34-36-37-39-41-44-47-50-53-56-62(65)68-59-60(58-67-61(64)55-52-49-46-43-18-15-12-9-6-3)69-63(66)57-54-51-48-45-42-40-38-35-26-24-22-20-17-14-11-8-5-2/h17,20,24,26-28,60H,4-16,18-19,21-23,25,29-59H2,1-3H3/b20-17-,26-24-,28-27-. The van der Waals surface area contributed by atoms with E-state index in [9.17, 15) is 14.4 Å². The second-order valence-corrected chi connectivity index (χ2v) is 20.6. The third-order valence-electron chi connectivity index (χ3n) is 13.6. The quantitative estimate of drug-likeness (QED) is 0.0261. The molecule has 0 bridgehead atoms. The molecule has 0 radical (unpaired) electrons. The number of hydrogen-bond acceptors (Lipinski definition) is 6. The lowest BCUT2D eigenvalue weighted by Crippen LogP contribution is -2.30. The van der Waals surface area contributed by atoms with Crippen LogP contribution in [0.5, 0.6) is 0 Å². The first-order valence-electron chi connectivity index (χ1n) is 30.5. The van der Waals surface area contributed by atoms with E-state index in [4.69, 9.17) is 14.2 Å². The van der Waals surface area contributed by atoms with Gasteiger partial charge in [0.05, 0.1) is 0 Å². The van der Waals surface area contributed by atoms with E-state index in [-0.39, 0.29) is 31.1 Å². The Hall–Kier alpha value is -2.37. The first-order valence-corrected chi connectivity index (χ1v) is 30.5. The normalized spacial score (nSPS) is 12.2.